The van der Waals surface area contributed by atoms with E-state index < -0.39 is 0 Å². The van der Waals surface area contributed by atoms with Crippen LogP contribution in [0.15, 0.2) is 30.3 Å². The molecule has 0 radical (unpaired) electrons. The Morgan fingerprint density at radius 3 is 2.43 bits per heavy atom. The molecule has 0 unspecified atom stereocenters. The first-order chi connectivity index (χ1) is 6.79. The predicted molar refractivity (Wildman–Crippen MR) is 58.0 cm³/mol. The van der Waals surface area contributed by atoms with Gasteiger partial charge in [-0.2, -0.15) is 0 Å². The number of rotatable bonds is 6. The molecule has 14 heavy (non-hydrogen) atoms. The van der Waals surface area contributed by atoms with Crippen LogP contribution >= 0.6 is 0 Å². The van der Waals surface area contributed by atoms with Gasteiger partial charge in [-0.25, -0.2) is 0 Å². The highest BCUT2D eigenvalue weighted by atomic mass is 16.5. The summed E-state index contributed by atoms with van der Waals surface area (Å²) in [6.45, 7) is 0.733. The Morgan fingerprint density at radius 2 is 1.79 bits per heavy atom. The van der Waals surface area contributed by atoms with E-state index in [-0.39, 0.29) is 6.17 Å². The Bertz CT molecular complexity index is 236. The zero-order valence-corrected chi connectivity index (χ0v) is 8.36. The smallest absolute Gasteiger partial charge is 0.119 e. The van der Waals surface area contributed by atoms with Crippen molar-refractivity contribution >= 4 is 0 Å². The lowest BCUT2D eigenvalue weighted by molar-refractivity contribution is 0.303. The molecule has 0 aliphatic rings. The van der Waals surface area contributed by atoms with E-state index >= 15 is 0 Å². The van der Waals surface area contributed by atoms with Crippen LogP contribution in [0.3, 0.4) is 0 Å². The summed E-state index contributed by atoms with van der Waals surface area (Å²) < 4.78 is 5.51. The maximum absolute atomic E-state index is 5.51. The fourth-order valence-electron chi connectivity index (χ4n) is 1.19. The van der Waals surface area contributed by atoms with Gasteiger partial charge in [0.05, 0.1) is 12.8 Å². The van der Waals surface area contributed by atoms with Gasteiger partial charge in [0.15, 0.2) is 0 Å². The van der Waals surface area contributed by atoms with Crippen molar-refractivity contribution in [3.63, 3.8) is 0 Å². The van der Waals surface area contributed by atoms with Crippen LogP contribution < -0.4 is 16.2 Å². The van der Waals surface area contributed by atoms with Crippen LogP contribution in [0.5, 0.6) is 5.75 Å². The second-order valence-corrected chi connectivity index (χ2v) is 3.32. The first-order valence-corrected chi connectivity index (χ1v) is 4.98. The minimum Gasteiger partial charge on any atom is -0.494 e. The molecule has 0 amide bonds. The molecule has 3 heteroatoms. The van der Waals surface area contributed by atoms with Gasteiger partial charge in [0.1, 0.15) is 5.75 Å². The minimum absolute atomic E-state index is 0.188. The highest BCUT2D eigenvalue weighted by Gasteiger charge is 1.95. The fraction of sp³-hybridized carbons (Fsp3) is 0.455. The molecule has 0 atom stereocenters. The van der Waals surface area contributed by atoms with Crippen LogP contribution in [0.4, 0.5) is 0 Å². The van der Waals surface area contributed by atoms with Gasteiger partial charge >= 0.3 is 0 Å². The zero-order chi connectivity index (χ0) is 10.2. The number of para-hydroxylation sites is 1. The van der Waals surface area contributed by atoms with Crippen LogP contribution in [-0.2, 0) is 0 Å². The lowest BCUT2D eigenvalue weighted by Gasteiger charge is -2.06. The summed E-state index contributed by atoms with van der Waals surface area (Å²) in [7, 11) is 0. The monoisotopic (exact) mass is 194 g/mol. The molecule has 0 saturated heterocycles. The molecular formula is C11H18N2O. The average molecular weight is 194 g/mol. The number of hydrogen-bond donors (Lipinski definition) is 2. The topological polar surface area (TPSA) is 61.3 Å². The van der Waals surface area contributed by atoms with E-state index in [9.17, 15) is 0 Å². The number of hydrogen-bond acceptors (Lipinski definition) is 3. The van der Waals surface area contributed by atoms with Crippen LogP contribution in [0.25, 0.3) is 0 Å². The summed E-state index contributed by atoms with van der Waals surface area (Å²) in [5, 5.41) is 0. The van der Waals surface area contributed by atoms with Crippen molar-refractivity contribution in [2.75, 3.05) is 6.61 Å². The third kappa shape index (κ3) is 4.84. The van der Waals surface area contributed by atoms with Crippen LogP contribution in [0, 0.1) is 0 Å². The van der Waals surface area contributed by atoms with E-state index in [1.807, 2.05) is 30.3 Å². The molecular weight excluding hydrogens is 176 g/mol. The Hall–Kier alpha value is -1.06. The van der Waals surface area contributed by atoms with Crippen LogP contribution in [0.2, 0.25) is 0 Å². The second-order valence-electron chi connectivity index (χ2n) is 3.32. The largest absolute Gasteiger partial charge is 0.494 e. The molecule has 78 valence electrons. The molecule has 0 bridgehead atoms. The Balaban J connectivity index is 2.05. The lowest BCUT2D eigenvalue weighted by Crippen LogP contribution is -2.30. The van der Waals surface area contributed by atoms with E-state index in [0.717, 1.165) is 31.6 Å². The Morgan fingerprint density at radius 1 is 1.07 bits per heavy atom. The number of nitrogens with two attached hydrogens (primary N) is 2. The molecule has 0 saturated carbocycles. The maximum Gasteiger partial charge on any atom is 0.119 e. The summed E-state index contributed by atoms with van der Waals surface area (Å²) in [4.78, 5) is 0. The first kappa shape index (κ1) is 11.0. The molecule has 0 fully saturated rings. The second kappa shape index (κ2) is 6.40. The molecule has 0 aromatic heterocycles. The fourth-order valence-corrected chi connectivity index (χ4v) is 1.19. The summed E-state index contributed by atoms with van der Waals surface area (Å²) >= 11 is 0. The predicted octanol–water partition coefficient (Wildman–Crippen LogP) is 1.48. The molecule has 4 N–H and O–H groups in total. The molecule has 1 rings (SSSR count). The summed E-state index contributed by atoms with van der Waals surface area (Å²) in [5.74, 6) is 0.921. The highest BCUT2D eigenvalue weighted by Crippen LogP contribution is 2.09. The van der Waals surface area contributed by atoms with Crippen molar-refractivity contribution < 1.29 is 4.74 Å². The minimum atomic E-state index is -0.188. The number of benzene rings is 1. The molecule has 0 spiro atoms. The van der Waals surface area contributed by atoms with E-state index in [0.29, 0.717) is 0 Å². The molecule has 0 heterocycles. The summed E-state index contributed by atoms with van der Waals surface area (Å²) in [6, 6.07) is 9.81. The SMILES string of the molecule is NC(N)CCCCOc1ccccc1. The zero-order valence-electron chi connectivity index (χ0n) is 8.36. The van der Waals surface area contributed by atoms with E-state index in [1.165, 1.54) is 0 Å². The third-order valence-electron chi connectivity index (χ3n) is 1.94. The van der Waals surface area contributed by atoms with E-state index in [1.54, 1.807) is 0 Å². The van der Waals surface area contributed by atoms with Gasteiger partial charge in [-0.05, 0) is 31.4 Å². The average Bonchev–Trinajstić information content (AvgIpc) is 2.18. The maximum atomic E-state index is 5.51. The van der Waals surface area contributed by atoms with Gasteiger partial charge in [-0.15, -0.1) is 0 Å². The van der Waals surface area contributed by atoms with Crippen molar-refractivity contribution in [3.05, 3.63) is 30.3 Å². The molecule has 3 nitrogen and oxygen atoms in total. The van der Waals surface area contributed by atoms with Crippen LogP contribution in [0.1, 0.15) is 19.3 Å². The van der Waals surface area contributed by atoms with Gasteiger partial charge in [0, 0.05) is 0 Å². The highest BCUT2D eigenvalue weighted by molar-refractivity contribution is 5.20. The van der Waals surface area contributed by atoms with E-state index in [4.69, 9.17) is 16.2 Å². The van der Waals surface area contributed by atoms with Gasteiger partial charge < -0.3 is 16.2 Å². The lowest BCUT2D eigenvalue weighted by atomic mass is 10.2. The number of unbranched alkanes of at least 4 members (excludes halogenated alkanes) is 1. The summed E-state index contributed by atoms with van der Waals surface area (Å²) in [5.41, 5.74) is 10.8. The first-order valence-electron chi connectivity index (χ1n) is 4.98. The van der Waals surface area contributed by atoms with Crippen molar-refractivity contribution in [2.24, 2.45) is 11.5 Å². The van der Waals surface area contributed by atoms with Gasteiger partial charge in [-0.1, -0.05) is 18.2 Å². The quantitative estimate of drug-likeness (QED) is 0.532. The molecule has 0 aliphatic heterocycles. The van der Waals surface area contributed by atoms with Crippen molar-refractivity contribution in [3.8, 4) is 5.75 Å². The molecule has 1 aromatic carbocycles. The van der Waals surface area contributed by atoms with Crippen molar-refractivity contribution in [1.82, 2.24) is 0 Å². The van der Waals surface area contributed by atoms with Gasteiger partial charge in [0.25, 0.3) is 0 Å². The molecule has 1 aromatic rings. The van der Waals surface area contributed by atoms with Crippen molar-refractivity contribution in [1.29, 1.82) is 0 Å². The van der Waals surface area contributed by atoms with Gasteiger partial charge in [0.2, 0.25) is 0 Å². The third-order valence-corrected chi connectivity index (χ3v) is 1.94. The standard InChI is InChI=1S/C11H18N2O/c12-11(13)8-4-5-9-14-10-6-2-1-3-7-10/h1-3,6-7,11H,4-5,8-9,12-13H2. The van der Waals surface area contributed by atoms with E-state index in [2.05, 4.69) is 0 Å². The van der Waals surface area contributed by atoms with Gasteiger partial charge in [-0.3, -0.25) is 0 Å². The van der Waals surface area contributed by atoms with Crippen molar-refractivity contribution in [2.45, 2.75) is 25.4 Å². The number of ether oxygens (including phenoxy) is 1. The summed E-state index contributed by atoms with van der Waals surface area (Å²) in [6.07, 6.45) is 2.69. The Labute approximate surface area is 85.0 Å². The Kier molecular flexibility index (Phi) is 5.04. The van der Waals surface area contributed by atoms with Crippen LogP contribution in [-0.4, -0.2) is 12.8 Å². The normalized spacial score (nSPS) is 10.5. The molecule has 0 aliphatic carbocycles.